The lowest BCUT2D eigenvalue weighted by Crippen LogP contribution is -2.48. The predicted octanol–water partition coefficient (Wildman–Crippen LogP) is 0.762. The van der Waals surface area contributed by atoms with E-state index in [0.29, 0.717) is 13.0 Å². The summed E-state index contributed by atoms with van der Waals surface area (Å²) in [5.41, 5.74) is -0.0715. The number of hydrogen-bond donors (Lipinski definition) is 3. The molecule has 1 aromatic carbocycles. The first-order chi connectivity index (χ1) is 9.72. The second-order valence-electron chi connectivity index (χ2n) is 5.23. The molecule has 6 nitrogen and oxygen atoms in total. The molecule has 0 saturated carbocycles. The van der Waals surface area contributed by atoms with Crippen LogP contribution in [0.2, 0.25) is 0 Å². The van der Waals surface area contributed by atoms with Gasteiger partial charge in [-0.05, 0) is 31.0 Å². The maximum atomic E-state index is 12.3. The monoisotopic (exact) mass is 314 g/mol. The highest BCUT2D eigenvalue weighted by Gasteiger charge is 2.28. The summed E-state index contributed by atoms with van der Waals surface area (Å²) in [6.45, 7) is 4.95. The van der Waals surface area contributed by atoms with Gasteiger partial charge in [-0.2, -0.15) is 0 Å². The quantitative estimate of drug-likeness (QED) is 0.692. The van der Waals surface area contributed by atoms with E-state index in [0.717, 1.165) is 5.56 Å². The Balaban J connectivity index is 2.87. The summed E-state index contributed by atoms with van der Waals surface area (Å²) < 4.78 is 27.0. The van der Waals surface area contributed by atoms with Crippen molar-refractivity contribution in [3.63, 3.8) is 0 Å². The molecule has 0 saturated heterocycles. The Hall–Kier alpha value is -1.44. The standard InChI is InChI=1S/C14H22N2O4S/c1-4-14(3,10-17)16-21(19,20)13-7-5-12(6-8-13)9-15-11(2)18/h5-8,16-17H,4,9-10H2,1-3H3,(H,15,18). The molecule has 0 radical (unpaired) electrons. The number of amides is 1. The summed E-state index contributed by atoms with van der Waals surface area (Å²) in [6, 6.07) is 6.25. The topological polar surface area (TPSA) is 95.5 Å². The molecule has 0 aliphatic rings. The molecule has 0 aliphatic heterocycles. The van der Waals surface area contributed by atoms with Crippen molar-refractivity contribution in [2.45, 2.75) is 44.2 Å². The molecule has 0 fully saturated rings. The zero-order chi connectivity index (χ0) is 16.1. The summed E-state index contributed by atoms with van der Waals surface area (Å²) in [4.78, 5) is 11.0. The lowest BCUT2D eigenvalue weighted by atomic mass is 10.0. The molecule has 1 amide bonds. The van der Waals surface area contributed by atoms with E-state index in [1.807, 2.05) is 0 Å². The molecule has 0 heterocycles. The van der Waals surface area contributed by atoms with Crippen LogP contribution in [0.5, 0.6) is 0 Å². The van der Waals surface area contributed by atoms with Crippen molar-refractivity contribution < 1.29 is 18.3 Å². The molecule has 1 aromatic rings. The summed E-state index contributed by atoms with van der Waals surface area (Å²) in [7, 11) is -3.69. The zero-order valence-corrected chi connectivity index (χ0v) is 13.3. The van der Waals surface area contributed by atoms with Crippen molar-refractivity contribution in [2.24, 2.45) is 0 Å². The Morgan fingerprint density at radius 2 is 1.86 bits per heavy atom. The minimum absolute atomic E-state index is 0.127. The normalized spacial score (nSPS) is 14.5. The highest BCUT2D eigenvalue weighted by molar-refractivity contribution is 7.89. The van der Waals surface area contributed by atoms with Gasteiger partial charge < -0.3 is 10.4 Å². The summed E-state index contributed by atoms with van der Waals surface area (Å²) in [5.74, 6) is -0.143. The minimum Gasteiger partial charge on any atom is -0.394 e. The number of carbonyl (C=O) groups excluding carboxylic acids is 1. The van der Waals surface area contributed by atoms with E-state index >= 15 is 0 Å². The van der Waals surface area contributed by atoms with Gasteiger partial charge in [-0.25, -0.2) is 13.1 Å². The van der Waals surface area contributed by atoms with E-state index in [4.69, 9.17) is 0 Å². The van der Waals surface area contributed by atoms with Crippen molar-refractivity contribution >= 4 is 15.9 Å². The number of aliphatic hydroxyl groups excluding tert-OH is 1. The van der Waals surface area contributed by atoms with Crippen LogP contribution < -0.4 is 10.0 Å². The highest BCUT2D eigenvalue weighted by Crippen LogP contribution is 2.16. The van der Waals surface area contributed by atoms with Gasteiger partial charge in [-0.3, -0.25) is 4.79 Å². The second kappa shape index (κ2) is 7.02. The van der Waals surface area contributed by atoms with Crippen LogP contribution in [-0.2, 0) is 21.4 Å². The van der Waals surface area contributed by atoms with Gasteiger partial charge in [-0.1, -0.05) is 19.1 Å². The molecule has 21 heavy (non-hydrogen) atoms. The average molecular weight is 314 g/mol. The third-order valence-electron chi connectivity index (χ3n) is 3.29. The largest absolute Gasteiger partial charge is 0.394 e. The number of benzene rings is 1. The van der Waals surface area contributed by atoms with Gasteiger partial charge in [0.2, 0.25) is 15.9 Å². The SMILES string of the molecule is CCC(C)(CO)NS(=O)(=O)c1ccc(CNC(C)=O)cc1. The number of sulfonamides is 1. The van der Waals surface area contributed by atoms with Crippen LogP contribution in [0, 0.1) is 0 Å². The van der Waals surface area contributed by atoms with Crippen molar-refractivity contribution in [2.75, 3.05) is 6.61 Å². The van der Waals surface area contributed by atoms with Crippen LogP contribution in [0.25, 0.3) is 0 Å². The van der Waals surface area contributed by atoms with Gasteiger partial charge in [-0.15, -0.1) is 0 Å². The lowest BCUT2D eigenvalue weighted by Gasteiger charge is -2.26. The highest BCUT2D eigenvalue weighted by atomic mass is 32.2. The van der Waals surface area contributed by atoms with Gasteiger partial charge in [0.05, 0.1) is 17.0 Å². The fourth-order valence-corrected chi connectivity index (χ4v) is 3.08. The fraction of sp³-hybridized carbons (Fsp3) is 0.500. The Morgan fingerprint density at radius 3 is 2.29 bits per heavy atom. The first-order valence-electron chi connectivity index (χ1n) is 6.70. The molecular formula is C14H22N2O4S. The van der Waals surface area contributed by atoms with Crippen molar-refractivity contribution in [3.8, 4) is 0 Å². The van der Waals surface area contributed by atoms with Crippen LogP contribution >= 0.6 is 0 Å². The molecular weight excluding hydrogens is 292 g/mol. The van der Waals surface area contributed by atoms with Crippen LogP contribution in [0.3, 0.4) is 0 Å². The van der Waals surface area contributed by atoms with E-state index < -0.39 is 15.6 Å². The van der Waals surface area contributed by atoms with Crippen molar-refractivity contribution in [1.29, 1.82) is 0 Å². The van der Waals surface area contributed by atoms with Crippen LogP contribution in [-0.4, -0.2) is 31.6 Å². The molecule has 1 unspecified atom stereocenters. The average Bonchev–Trinajstić information content (AvgIpc) is 2.45. The Kier molecular flexibility index (Phi) is 5.88. The van der Waals surface area contributed by atoms with E-state index in [9.17, 15) is 18.3 Å². The van der Waals surface area contributed by atoms with E-state index in [2.05, 4.69) is 10.0 Å². The maximum absolute atomic E-state index is 12.3. The first kappa shape index (κ1) is 17.6. The van der Waals surface area contributed by atoms with E-state index in [1.54, 1.807) is 26.0 Å². The third kappa shape index (κ3) is 5.11. The molecule has 0 aliphatic carbocycles. The van der Waals surface area contributed by atoms with E-state index in [-0.39, 0.29) is 17.4 Å². The van der Waals surface area contributed by atoms with Crippen LogP contribution in [0.4, 0.5) is 0 Å². The Bertz CT molecular complexity index is 577. The van der Waals surface area contributed by atoms with Crippen molar-refractivity contribution in [1.82, 2.24) is 10.0 Å². The second-order valence-corrected chi connectivity index (χ2v) is 6.91. The van der Waals surface area contributed by atoms with Crippen LogP contribution in [0.1, 0.15) is 32.8 Å². The van der Waals surface area contributed by atoms with Gasteiger partial charge in [0.25, 0.3) is 0 Å². The molecule has 0 spiro atoms. The number of rotatable bonds is 7. The minimum atomic E-state index is -3.69. The summed E-state index contributed by atoms with van der Waals surface area (Å²) >= 11 is 0. The van der Waals surface area contributed by atoms with Crippen molar-refractivity contribution in [3.05, 3.63) is 29.8 Å². The molecule has 1 rings (SSSR count). The smallest absolute Gasteiger partial charge is 0.241 e. The number of aliphatic hydroxyl groups is 1. The fourth-order valence-electron chi connectivity index (χ4n) is 1.61. The third-order valence-corrected chi connectivity index (χ3v) is 4.94. The summed E-state index contributed by atoms with van der Waals surface area (Å²) in [6.07, 6.45) is 0.476. The predicted molar refractivity (Wildman–Crippen MR) is 80.1 cm³/mol. The molecule has 3 N–H and O–H groups in total. The van der Waals surface area contributed by atoms with Gasteiger partial charge in [0.1, 0.15) is 0 Å². The van der Waals surface area contributed by atoms with Gasteiger partial charge >= 0.3 is 0 Å². The Labute approximate surface area is 125 Å². The first-order valence-corrected chi connectivity index (χ1v) is 8.19. The molecule has 0 aromatic heterocycles. The zero-order valence-electron chi connectivity index (χ0n) is 12.5. The van der Waals surface area contributed by atoms with Crippen LogP contribution in [0.15, 0.2) is 29.2 Å². The molecule has 118 valence electrons. The van der Waals surface area contributed by atoms with Gasteiger partial charge in [0, 0.05) is 13.5 Å². The number of hydrogen-bond acceptors (Lipinski definition) is 4. The molecule has 1 atom stereocenters. The molecule has 0 bridgehead atoms. The van der Waals surface area contributed by atoms with Gasteiger partial charge in [0.15, 0.2) is 0 Å². The maximum Gasteiger partial charge on any atom is 0.241 e. The Morgan fingerprint density at radius 1 is 1.29 bits per heavy atom. The summed E-state index contributed by atoms with van der Waals surface area (Å²) in [5, 5.41) is 11.9. The van der Waals surface area contributed by atoms with E-state index in [1.165, 1.54) is 19.1 Å². The number of carbonyl (C=O) groups is 1. The molecule has 7 heteroatoms. The lowest BCUT2D eigenvalue weighted by molar-refractivity contribution is -0.119. The number of nitrogens with one attached hydrogen (secondary N) is 2.